The van der Waals surface area contributed by atoms with Gasteiger partial charge in [0.25, 0.3) is 0 Å². The van der Waals surface area contributed by atoms with Crippen LogP contribution in [-0.4, -0.2) is 94.0 Å². The van der Waals surface area contributed by atoms with Crippen molar-refractivity contribution in [3.63, 3.8) is 0 Å². The summed E-state index contributed by atoms with van der Waals surface area (Å²) >= 11 is 0. The fraction of sp³-hybridized carbons (Fsp3) is 0.682. The third-order valence-corrected chi connectivity index (χ3v) is 5.96. The second-order valence-corrected chi connectivity index (χ2v) is 8.44. The highest BCUT2D eigenvalue weighted by Crippen LogP contribution is 2.22. The molecule has 1 atom stereocenters. The summed E-state index contributed by atoms with van der Waals surface area (Å²) in [7, 11) is 1.78. The number of ether oxygens (including phenoxy) is 2. The first-order chi connectivity index (χ1) is 14.5. The second kappa shape index (κ2) is 12.9. The zero-order valence-electron chi connectivity index (χ0n) is 18.9. The molecule has 0 saturated carbocycles. The third-order valence-electron chi connectivity index (χ3n) is 5.96. The number of morpholine rings is 2. The number of halogens is 2. The number of aliphatic imine (C=N–C) groups is 1. The fourth-order valence-corrected chi connectivity index (χ4v) is 4.06. The molecule has 2 N–H and O–H groups in total. The molecule has 1 aromatic carbocycles. The van der Waals surface area contributed by atoms with Gasteiger partial charge in [-0.3, -0.25) is 14.8 Å². The Morgan fingerprint density at radius 1 is 1.10 bits per heavy atom. The quantitative estimate of drug-likeness (QED) is 0.309. The monoisotopic (exact) mass is 549 g/mol. The standard InChI is InChI=1S/C22H36FN5O2.HI/c1-22(2,28-9-13-30-14-10-28)17-26-21(24-3)25-16-20(27-7-11-29-12-8-27)18-5-4-6-19(23)15-18;/h4-6,15,20H,7-14,16-17H2,1-3H3,(H2,24,25,26);1H. The molecule has 7 nitrogen and oxygen atoms in total. The third kappa shape index (κ3) is 7.81. The van der Waals surface area contributed by atoms with Crippen molar-refractivity contribution in [3.05, 3.63) is 35.6 Å². The van der Waals surface area contributed by atoms with Gasteiger partial charge in [0, 0.05) is 51.9 Å². The van der Waals surface area contributed by atoms with Gasteiger partial charge in [-0.15, -0.1) is 24.0 Å². The van der Waals surface area contributed by atoms with Gasteiger partial charge in [-0.05, 0) is 31.5 Å². The van der Waals surface area contributed by atoms with Gasteiger partial charge in [0.1, 0.15) is 5.82 Å². The van der Waals surface area contributed by atoms with Crippen LogP contribution in [0, 0.1) is 5.82 Å². The lowest BCUT2D eigenvalue weighted by Crippen LogP contribution is -2.57. The van der Waals surface area contributed by atoms with Crippen molar-refractivity contribution in [2.24, 2.45) is 4.99 Å². The average molecular weight is 549 g/mol. The van der Waals surface area contributed by atoms with Crippen LogP contribution in [0.2, 0.25) is 0 Å². The van der Waals surface area contributed by atoms with E-state index >= 15 is 0 Å². The molecule has 2 saturated heterocycles. The van der Waals surface area contributed by atoms with Crippen molar-refractivity contribution in [3.8, 4) is 0 Å². The largest absolute Gasteiger partial charge is 0.379 e. The van der Waals surface area contributed by atoms with Crippen LogP contribution in [0.5, 0.6) is 0 Å². The van der Waals surface area contributed by atoms with Gasteiger partial charge in [0.15, 0.2) is 5.96 Å². The van der Waals surface area contributed by atoms with E-state index in [2.05, 4.69) is 39.3 Å². The van der Waals surface area contributed by atoms with E-state index in [1.165, 1.54) is 6.07 Å². The smallest absolute Gasteiger partial charge is 0.191 e. The summed E-state index contributed by atoms with van der Waals surface area (Å²) in [6.07, 6.45) is 0. The van der Waals surface area contributed by atoms with Gasteiger partial charge in [-0.25, -0.2) is 4.39 Å². The van der Waals surface area contributed by atoms with E-state index in [0.717, 1.165) is 57.5 Å². The molecule has 1 aromatic rings. The molecule has 0 aliphatic carbocycles. The normalized spacial score (nSPS) is 20.1. The molecule has 2 aliphatic heterocycles. The van der Waals surface area contributed by atoms with Crippen molar-refractivity contribution >= 4 is 29.9 Å². The molecule has 9 heteroatoms. The van der Waals surface area contributed by atoms with Crippen LogP contribution in [0.4, 0.5) is 4.39 Å². The molecule has 2 heterocycles. The average Bonchev–Trinajstić information content (AvgIpc) is 2.77. The van der Waals surface area contributed by atoms with Gasteiger partial charge in [-0.1, -0.05) is 12.1 Å². The Morgan fingerprint density at radius 3 is 2.35 bits per heavy atom. The number of rotatable bonds is 7. The van der Waals surface area contributed by atoms with E-state index in [-0.39, 0.29) is 41.4 Å². The molecule has 1 unspecified atom stereocenters. The van der Waals surface area contributed by atoms with E-state index in [1.807, 2.05) is 6.07 Å². The lowest BCUT2D eigenvalue weighted by molar-refractivity contribution is -0.00836. The summed E-state index contributed by atoms with van der Waals surface area (Å²) in [5.74, 6) is 0.548. The topological polar surface area (TPSA) is 61.4 Å². The van der Waals surface area contributed by atoms with Crippen LogP contribution >= 0.6 is 24.0 Å². The number of benzene rings is 1. The van der Waals surface area contributed by atoms with Gasteiger partial charge in [0.2, 0.25) is 0 Å². The summed E-state index contributed by atoms with van der Waals surface area (Å²) in [6.45, 7) is 12.4. The van der Waals surface area contributed by atoms with Crippen molar-refractivity contribution in [1.29, 1.82) is 0 Å². The molecule has 31 heavy (non-hydrogen) atoms. The van der Waals surface area contributed by atoms with Crippen LogP contribution in [0.15, 0.2) is 29.3 Å². The minimum absolute atomic E-state index is 0. The minimum Gasteiger partial charge on any atom is -0.379 e. The van der Waals surface area contributed by atoms with Crippen LogP contribution in [0.1, 0.15) is 25.5 Å². The van der Waals surface area contributed by atoms with Crippen LogP contribution in [0.25, 0.3) is 0 Å². The molecule has 0 radical (unpaired) electrons. The van der Waals surface area contributed by atoms with E-state index in [9.17, 15) is 4.39 Å². The maximum atomic E-state index is 13.9. The van der Waals surface area contributed by atoms with E-state index in [4.69, 9.17) is 9.47 Å². The van der Waals surface area contributed by atoms with Gasteiger partial charge < -0.3 is 20.1 Å². The van der Waals surface area contributed by atoms with E-state index < -0.39 is 0 Å². The SMILES string of the molecule is CN=C(NCC(c1cccc(F)c1)N1CCOCC1)NCC(C)(C)N1CCOCC1.I. The van der Waals surface area contributed by atoms with Crippen molar-refractivity contribution in [1.82, 2.24) is 20.4 Å². The minimum atomic E-state index is -0.208. The van der Waals surface area contributed by atoms with Gasteiger partial charge >= 0.3 is 0 Å². The van der Waals surface area contributed by atoms with Crippen molar-refractivity contribution < 1.29 is 13.9 Å². The molecular weight excluding hydrogens is 512 g/mol. The first-order valence-corrected chi connectivity index (χ1v) is 10.8. The van der Waals surface area contributed by atoms with Crippen molar-refractivity contribution in [2.45, 2.75) is 25.4 Å². The van der Waals surface area contributed by atoms with E-state index in [0.29, 0.717) is 19.8 Å². The Balaban J connectivity index is 0.00000341. The molecule has 0 spiro atoms. The first kappa shape index (κ1) is 26.2. The lowest BCUT2D eigenvalue weighted by atomic mass is 10.0. The second-order valence-electron chi connectivity index (χ2n) is 8.44. The molecular formula is C22H37FIN5O2. The summed E-state index contributed by atoms with van der Waals surface area (Å²) in [5.41, 5.74) is 0.960. The molecule has 0 bridgehead atoms. The number of nitrogens with zero attached hydrogens (tertiary/aromatic N) is 3. The Morgan fingerprint density at radius 2 is 1.74 bits per heavy atom. The predicted octanol–water partition coefficient (Wildman–Crippen LogP) is 2.09. The maximum Gasteiger partial charge on any atom is 0.191 e. The number of hydrogen-bond donors (Lipinski definition) is 2. The van der Waals surface area contributed by atoms with E-state index in [1.54, 1.807) is 19.2 Å². The number of guanidine groups is 1. The molecule has 0 aromatic heterocycles. The molecule has 0 amide bonds. The fourth-order valence-electron chi connectivity index (χ4n) is 4.06. The zero-order chi connectivity index (χ0) is 21.4. The number of hydrogen-bond acceptors (Lipinski definition) is 5. The predicted molar refractivity (Wildman–Crippen MR) is 133 cm³/mol. The summed E-state index contributed by atoms with van der Waals surface area (Å²) in [6, 6.07) is 6.93. The molecule has 2 aliphatic rings. The maximum absolute atomic E-state index is 13.9. The Kier molecular flexibility index (Phi) is 10.9. The summed E-state index contributed by atoms with van der Waals surface area (Å²) in [4.78, 5) is 9.19. The lowest BCUT2D eigenvalue weighted by Gasteiger charge is -2.41. The molecule has 3 rings (SSSR count). The van der Waals surface area contributed by atoms with Crippen molar-refractivity contribution in [2.75, 3.05) is 72.7 Å². The zero-order valence-corrected chi connectivity index (χ0v) is 21.2. The molecule has 2 fully saturated rings. The van der Waals surface area contributed by atoms with Crippen LogP contribution in [-0.2, 0) is 9.47 Å². The highest BCUT2D eigenvalue weighted by atomic mass is 127. The summed E-state index contributed by atoms with van der Waals surface area (Å²) < 4.78 is 24.9. The Hall–Kier alpha value is -1.01. The number of nitrogens with one attached hydrogen (secondary N) is 2. The van der Waals surface area contributed by atoms with Gasteiger partial charge in [0.05, 0.1) is 32.5 Å². The Bertz CT molecular complexity index is 694. The van der Waals surface area contributed by atoms with Gasteiger partial charge in [-0.2, -0.15) is 0 Å². The Labute approximate surface area is 202 Å². The van der Waals surface area contributed by atoms with Crippen LogP contribution < -0.4 is 10.6 Å². The van der Waals surface area contributed by atoms with Crippen LogP contribution in [0.3, 0.4) is 0 Å². The molecule has 176 valence electrons. The highest BCUT2D eigenvalue weighted by Gasteiger charge is 2.29. The highest BCUT2D eigenvalue weighted by molar-refractivity contribution is 14.0. The summed E-state index contributed by atoms with van der Waals surface area (Å²) in [5, 5.41) is 6.92. The first-order valence-electron chi connectivity index (χ1n) is 10.8.